The molecule has 0 aliphatic heterocycles. The lowest BCUT2D eigenvalue weighted by Gasteiger charge is -2.34. The van der Waals surface area contributed by atoms with Crippen LogP contribution in [0.25, 0.3) is 0 Å². The maximum absolute atomic E-state index is 14.3. The number of rotatable bonds is 9. The van der Waals surface area contributed by atoms with Crippen molar-refractivity contribution in [3.8, 4) is 0 Å². The second kappa shape index (κ2) is 13.3. The number of aryl methyl sites for hydroxylation is 3. The van der Waals surface area contributed by atoms with Crippen molar-refractivity contribution in [3.05, 3.63) is 101 Å². The maximum atomic E-state index is 14.3. The molecule has 0 aliphatic carbocycles. The predicted molar refractivity (Wildman–Crippen MR) is 159 cm³/mol. The Balaban J connectivity index is 2.04. The first-order chi connectivity index (χ1) is 18.9. The summed E-state index contributed by atoms with van der Waals surface area (Å²) in [5, 5.41) is 5.82. The number of alkyl carbamates (subject to hydrolysis) is 1. The third-order valence-corrected chi connectivity index (χ3v) is 6.59. The molecule has 0 heterocycles. The van der Waals surface area contributed by atoms with Crippen LogP contribution in [0.4, 0.5) is 10.5 Å². The number of nitrogens with one attached hydrogen (secondary N) is 2. The fourth-order valence-corrected chi connectivity index (χ4v) is 4.58. The van der Waals surface area contributed by atoms with E-state index in [0.717, 1.165) is 27.8 Å². The monoisotopic (exact) mass is 543 g/mol. The van der Waals surface area contributed by atoms with Crippen molar-refractivity contribution in [2.75, 3.05) is 11.9 Å². The Morgan fingerprint density at radius 3 is 2.15 bits per heavy atom. The van der Waals surface area contributed by atoms with Gasteiger partial charge in [0.1, 0.15) is 17.7 Å². The number of ether oxygens (including phenoxy) is 1. The molecule has 0 spiro atoms. The summed E-state index contributed by atoms with van der Waals surface area (Å²) < 4.78 is 5.49. The van der Waals surface area contributed by atoms with Gasteiger partial charge in [-0.2, -0.15) is 0 Å². The van der Waals surface area contributed by atoms with E-state index in [1.807, 2.05) is 100 Å². The summed E-state index contributed by atoms with van der Waals surface area (Å²) in [6.45, 7) is 13.2. The van der Waals surface area contributed by atoms with Crippen LogP contribution in [0.2, 0.25) is 0 Å². The van der Waals surface area contributed by atoms with Gasteiger partial charge in [-0.3, -0.25) is 9.59 Å². The number of hydrogen-bond donors (Lipinski definition) is 2. The summed E-state index contributed by atoms with van der Waals surface area (Å²) in [4.78, 5) is 42.7. The highest BCUT2D eigenvalue weighted by Gasteiger charge is 2.36. The molecule has 0 saturated carbocycles. The molecule has 0 fully saturated rings. The van der Waals surface area contributed by atoms with Gasteiger partial charge < -0.3 is 20.3 Å². The highest BCUT2D eigenvalue weighted by atomic mass is 16.6. The van der Waals surface area contributed by atoms with Gasteiger partial charge in [0, 0.05) is 18.7 Å². The zero-order chi connectivity index (χ0) is 29.4. The van der Waals surface area contributed by atoms with Gasteiger partial charge in [0.25, 0.3) is 5.91 Å². The second-order valence-corrected chi connectivity index (χ2v) is 11.1. The molecule has 3 amide bonds. The number of para-hydroxylation sites is 1. The van der Waals surface area contributed by atoms with Crippen molar-refractivity contribution in [2.24, 2.45) is 0 Å². The molecular formula is C33H41N3O4. The second-order valence-electron chi connectivity index (χ2n) is 11.1. The maximum Gasteiger partial charge on any atom is 0.408 e. The minimum Gasteiger partial charge on any atom is -0.444 e. The topological polar surface area (TPSA) is 87.7 Å². The fraction of sp³-hybridized carbons (Fsp3) is 0.364. The van der Waals surface area contributed by atoms with Crippen molar-refractivity contribution < 1.29 is 19.1 Å². The zero-order valence-electron chi connectivity index (χ0n) is 24.6. The quantitative estimate of drug-likeness (QED) is 0.333. The Bertz CT molecular complexity index is 1330. The molecule has 7 nitrogen and oxygen atoms in total. The van der Waals surface area contributed by atoms with E-state index in [0.29, 0.717) is 5.69 Å². The number of carbonyl (C=O) groups is 3. The van der Waals surface area contributed by atoms with Crippen LogP contribution in [0.5, 0.6) is 0 Å². The highest BCUT2D eigenvalue weighted by molar-refractivity contribution is 5.99. The van der Waals surface area contributed by atoms with Crippen molar-refractivity contribution in [1.29, 1.82) is 0 Å². The molecule has 2 N–H and O–H groups in total. The van der Waals surface area contributed by atoms with Gasteiger partial charge in [-0.1, -0.05) is 72.3 Å². The first-order valence-electron chi connectivity index (χ1n) is 13.7. The molecule has 40 heavy (non-hydrogen) atoms. The van der Waals surface area contributed by atoms with Gasteiger partial charge >= 0.3 is 6.09 Å². The molecular weight excluding hydrogens is 502 g/mol. The zero-order valence-corrected chi connectivity index (χ0v) is 24.6. The third-order valence-electron chi connectivity index (χ3n) is 6.59. The summed E-state index contributed by atoms with van der Waals surface area (Å²) in [6, 6.07) is 21.0. The van der Waals surface area contributed by atoms with Crippen LogP contribution in [-0.2, 0) is 20.7 Å². The lowest BCUT2D eigenvalue weighted by Crippen LogP contribution is -2.53. The standard InChI is InChI=1S/C33H41N3O4/c1-8-36(31(38)28(21-25-15-10-9-11-16-25)35-32(39)40-33(5,6)7)29(26-20-22(2)18-19-23(26)3)30(37)34-27-17-13-12-14-24(27)4/h9-20,28-29H,8,21H2,1-7H3,(H,34,37)(H,35,39). The van der Waals surface area contributed by atoms with Crippen LogP contribution in [0.15, 0.2) is 72.8 Å². The molecule has 0 aromatic heterocycles. The molecule has 3 rings (SSSR count). The van der Waals surface area contributed by atoms with Crippen LogP contribution >= 0.6 is 0 Å². The van der Waals surface area contributed by atoms with E-state index in [2.05, 4.69) is 10.6 Å². The van der Waals surface area contributed by atoms with Crippen LogP contribution < -0.4 is 10.6 Å². The molecule has 0 bridgehead atoms. The smallest absolute Gasteiger partial charge is 0.408 e. The number of nitrogens with zero attached hydrogens (tertiary/aromatic N) is 1. The Morgan fingerprint density at radius 1 is 0.875 bits per heavy atom. The first kappa shape index (κ1) is 30.4. The van der Waals surface area contributed by atoms with Crippen LogP contribution in [-0.4, -0.2) is 41.0 Å². The van der Waals surface area contributed by atoms with E-state index in [-0.39, 0.29) is 24.8 Å². The number of hydrogen-bond acceptors (Lipinski definition) is 4. The molecule has 3 aromatic carbocycles. The van der Waals surface area contributed by atoms with Crippen LogP contribution in [0.3, 0.4) is 0 Å². The molecule has 2 atom stereocenters. The number of carbonyl (C=O) groups excluding carboxylic acids is 3. The van der Waals surface area contributed by atoms with E-state index in [1.54, 1.807) is 25.7 Å². The van der Waals surface area contributed by atoms with Crippen molar-refractivity contribution >= 4 is 23.6 Å². The normalized spacial score (nSPS) is 12.7. The number of amides is 3. The molecule has 7 heteroatoms. The Kier molecular flexibility index (Phi) is 10.1. The van der Waals surface area contributed by atoms with Crippen molar-refractivity contribution in [2.45, 2.75) is 72.6 Å². The summed E-state index contributed by atoms with van der Waals surface area (Å²) in [6.07, 6.45) is -0.445. The van der Waals surface area contributed by atoms with Gasteiger partial charge in [-0.25, -0.2) is 4.79 Å². The van der Waals surface area contributed by atoms with E-state index in [4.69, 9.17) is 4.74 Å². The minimum atomic E-state index is -0.948. The highest BCUT2D eigenvalue weighted by Crippen LogP contribution is 2.29. The summed E-state index contributed by atoms with van der Waals surface area (Å²) in [5.74, 6) is -0.697. The van der Waals surface area contributed by atoms with Gasteiger partial charge in [0.15, 0.2) is 0 Å². The average molecular weight is 544 g/mol. The van der Waals surface area contributed by atoms with Crippen LogP contribution in [0, 0.1) is 20.8 Å². The van der Waals surface area contributed by atoms with Crippen molar-refractivity contribution in [1.82, 2.24) is 10.2 Å². The minimum absolute atomic E-state index is 0.244. The lowest BCUT2D eigenvalue weighted by molar-refractivity contribution is -0.140. The Morgan fingerprint density at radius 2 is 1.52 bits per heavy atom. The van der Waals surface area contributed by atoms with E-state index < -0.39 is 23.8 Å². The van der Waals surface area contributed by atoms with Gasteiger partial charge in [0.2, 0.25) is 5.91 Å². The van der Waals surface area contributed by atoms with Crippen LogP contribution in [0.1, 0.15) is 61.6 Å². The summed E-state index contributed by atoms with van der Waals surface area (Å²) in [5.41, 5.74) is 4.34. The molecule has 212 valence electrons. The van der Waals surface area contributed by atoms with Gasteiger partial charge in [-0.15, -0.1) is 0 Å². The van der Waals surface area contributed by atoms with Gasteiger partial charge in [0.05, 0.1) is 0 Å². The number of likely N-dealkylation sites (N-methyl/N-ethyl adjacent to an activating group) is 1. The molecule has 3 aromatic rings. The summed E-state index contributed by atoms with van der Waals surface area (Å²) in [7, 11) is 0. The average Bonchev–Trinajstić information content (AvgIpc) is 2.89. The number of anilines is 1. The lowest BCUT2D eigenvalue weighted by atomic mass is 9.95. The Hall–Kier alpha value is -4.13. The van der Waals surface area contributed by atoms with E-state index >= 15 is 0 Å². The SMILES string of the molecule is CCN(C(=O)C(Cc1ccccc1)NC(=O)OC(C)(C)C)C(C(=O)Nc1ccccc1C)c1cc(C)ccc1C. The Labute approximate surface area is 237 Å². The molecule has 2 unspecified atom stereocenters. The molecule has 0 saturated heterocycles. The third kappa shape index (κ3) is 8.18. The van der Waals surface area contributed by atoms with Crippen molar-refractivity contribution in [3.63, 3.8) is 0 Å². The largest absolute Gasteiger partial charge is 0.444 e. The predicted octanol–water partition coefficient (Wildman–Crippen LogP) is 6.28. The molecule has 0 aliphatic rings. The van der Waals surface area contributed by atoms with Gasteiger partial charge in [-0.05, 0) is 76.8 Å². The number of benzene rings is 3. The molecule has 0 radical (unpaired) electrons. The fourth-order valence-electron chi connectivity index (χ4n) is 4.58. The summed E-state index contributed by atoms with van der Waals surface area (Å²) >= 11 is 0. The van der Waals surface area contributed by atoms with E-state index in [9.17, 15) is 14.4 Å². The van der Waals surface area contributed by atoms with E-state index in [1.165, 1.54) is 0 Å². The first-order valence-corrected chi connectivity index (χ1v) is 13.7.